The van der Waals surface area contributed by atoms with Gasteiger partial charge in [-0.25, -0.2) is 4.79 Å². The number of esters is 1. The Morgan fingerprint density at radius 2 is 1.86 bits per heavy atom. The lowest BCUT2D eigenvalue weighted by Crippen LogP contribution is -2.25. The number of rotatable bonds is 14. The van der Waals surface area contributed by atoms with Crippen LogP contribution in [0.3, 0.4) is 0 Å². The first-order chi connectivity index (χ1) is 20.8. The highest BCUT2D eigenvalue weighted by Crippen LogP contribution is 2.39. The standard InChI is InChI=1S/C30H39N5O6S2/c1-6-8-15-35-24(17-31-27(37)19-13-14-21(39-4)22(16-19)40-5)33-34-30(35)42-18(3)26(36)32-28-25(29(38)41-7-2)20-11-9-10-12-23(20)43-28/h13-14,16,18H,6-12,15,17H2,1-5H3,(H,31,37)(H,32,36). The Hall–Kier alpha value is -3.58. The van der Waals surface area contributed by atoms with Crippen LogP contribution in [0, 0.1) is 0 Å². The summed E-state index contributed by atoms with van der Waals surface area (Å²) < 4.78 is 17.8. The third kappa shape index (κ3) is 7.69. The highest BCUT2D eigenvalue weighted by atomic mass is 32.2. The second kappa shape index (κ2) is 15.2. The molecule has 1 aliphatic rings. The highest BCUT2D eigenvalue weighted by molar-refractivity contribution is 8.00. The first kappa shape index (κ1) is 32.3. The molecule has 0 bridgehead atoms. The molecular weight excluding hydrogens is 590 g/mol. The number of nitrogens with zero attached hydrogens (tertiary/aromatic N) is 3. The van der Waals surface area contributed by atoms with E-state index in [0.29, 0.717) is 45.2 Å². The fraction of sp³-hybridized carbons (Fsp3) is 0.500. The van der Waals surface area contributed by atoms with Crippen LogP contribution in [0.25, 0.3) is 0 Å². The van der Waals surface area contributed by atoms with Crippen molar-refractivity contribution in [1.82, 2.24) is 20.1 Å². The Morgan fingerprint density at radius 3 is 2.58 bits per heavy atom. The maximum atomic E-state index is 13.4. The van der Waals surface area contributed by atoms with Crippen molar-refractivity contribution in [1.29, 1.82) is 0 Å². The van der Waals surface area contributed by atoms with E-state index in [-0.39, 0.29) is 25.0 Å². The molecule has 1 atom stereocenters. The van der Waals surface area contributed by atoms with E-state index in [2.05, 4.69) is 27.8 Å². The van der Waals surface area contributed by atoms with Gasteiger partial charge in [-0.2, -0.15) is 0 Å². The molecule has 43 heavy (non-hydrogen) atoms. The maximum Gasteiger partial charge on any atom is 0.341 e. The number of ether oxygens (including phenoxy) is 3. The predicted octanol–water partition coefficient (Wildman–Crippen LogP) is 5.26. The van der Waals surface area contributed by atoms with Crippen molar-refractivity contribution >= 4 is 45.9 Å². The number of aryl methyl sites for hydroxylation is 1. The lowest BCUT2D eigenvalue weighted by atomic mass is 9.95. The Labute approximate surface area is 260 Å². The van der Waals surface area contributed by atoms with E-state index < -0.39 is 11.2 Å². The van der Waals surface area contributed by atoms with Crippen molar-refractivity contribution < 1.29 is 28.6 Å². The van der Waals surface area contributed by atoms with E-state index in [4.69, 9.17) is 14.2 Å². The van der Waals surface area contributed by atoms with Crippen LogP contribution in [-0.2, 0) is 35.5 Å². The number of hydrogen-bond acceptors (Lipinski definition) is 10. The number of carbonyl (C=O) groups excluding carboxylic acids is 3. The van der Waals surface area contributed by atoms with Crippen molar-refractivity contribution in [3.63, 3.8) is 0 Å². The molecule has 232 valence electrons. The minimum atomic E-state index is -0.520. The molecule has 2 N–H and O–H groups in total. The molecule has 2 aromatic heterocycles. The van der Waals surface area contributed by atoms with Gasteiger partial charge < -0.3 is 29.4 Å². The van der Waals surface area contributed by atoms with Gasteiger partial charge >= 0.3 is 5.97 Å². The van der Waals surface area contributed by atoms with Gasteiger partial charge in [-0.15, -0.1) is 21.5 Å². The van der Waals surface area contributed by atoms with Crippen molar-refractivity contribution in [2.24, 2.45) is 0 Å². The summed E-state index contributed by atoms with van der Waals surface area (Å²) in [5.74, 6) is 0.675. The minimum absolute atomic E-state index is 0.161. The molecule has 0 aliphatic heterocycles. The number of fused-ring (bicyclic) bond motifs is 1. The Morgan fingerprint density at radius 1 is 1.09 bits per heavy atom. The van der Waals surface area contributed by atoms with E-state index >= 15 is 0 Å². The van der Waals surface area contributed by atoms with Crippen LogP contribution in [0.15, 0.2) is 23.4 Å². The molecule has 3 aromatic rings. The first-order valence-corrected chi connectivity index (χ1v) is 16.2. The number of amides is 2. The molecule has 1 aliphatic carbocycles. The van der Waals surface area contributed by atoms with Gasteiger partial charge in [0.2, 0.25) is 5.91 Å². The third-order valence-corrected chi connectivity index (χ3v) is 9.41. The lowest BCUT2D eigenvalue weighted by Gasteiger charge is -2.15. The van der Waals surface area contributed by atoms with E-state index in [1.165, 1.54) is 37.3 Å². The normalized spacial score (nSPS) is 13.1. The molecular formula is C30H39N5O6S2. The van der Waals surface area contributed by atoms with E-state index in [1.807, 2.05) is 4.57 Å². The van der Waals surface area contributed by atoms with Crippen molar-refractivity contribution in [2.45, 2.75) is 82.8 Å². The lowest BCUT2D eigenvalue weighted by molar-refractivity contribution is -0.115. The number of methoxy groups -OCH3 is 2. The van der Waals surface area contributed by atoms with Crippen molar-refractivity contribution in [2.75, 3.05) is 26.1 Å². The molecule has 11 nitrogen and oxygen atoms in total. The summed E-state index contributed by atoms with van der Waals surface area (Å²) in [5, 5.41) is 15.2. The molecule has 4 rings (SSSR count). The summed E-state index contributed by atoms with van der Waals surface area (Å²) in [6.45, 7) is 6.75. The van der Waals surface area contributed by atoms with Gasteiger partial charge in [-0.1, -0.05) is 25.1 Å². The van der Waals surface area contributed by atoms with Crippen LogP contribution in [0.4, 0.5) is 5.00 Å². The summed E-state index contributed by atoms with van der Waals surface area (Å²) in [7, 11) is 3.06. The van der Waals surface area contributed by atoms with E-state index in [9.17, 15) is 14.4 Å². The molecule has 0 saturated carbocycles. The molecule has 0 fully saturated rings. The molecule has 2 heterocycles. The fourth-order valence-electron chi connectivity index (χ4n) is 4.81. The zero-order chi connectivity index (χ0) is 30.9. The Bertz CT molecular complexity index is 1450. The minimum Gasteiger partial charge on any atom is -0.493 e. The van der Waals surface area contributed by atoms with E-state index in [0.717, 1.165) is 49.0 Å². The first-order valence-electron chi connectivity index (χ1n) is 14.5. The van der Waals surface area contributed by atoms with Crippen molar-refractivity contribution in [3.05, 3.63) is 45.6 Å². The fourth-order valence-corrected chi connectivity index (χ4v) is 6.99. The number of thiophene rings is 1. The smallest absolute Gasteiger partial charge is 0.341 e. The second-order valence-corrected chi connectivity index (χ2v) is 12.5. The SMILES string of the molecule is CCCCn1c(CNC(=O)c2ccc(OC)c(OC)c2)nnc1SC(C)C(=O)Nc1sc2c(c1C(=O)OCC)CCCC2. The Kier molecular flexibility index (Phi) is 11.5. The zero-order valence-electron chi connectivity index (χ0n) is 25.3. The molecule has 1 unspecified atom stereocenters. The van der Waals surface area contributed by atoms with Crippen LogP contribution in [0.1, 0.15) is 83.4 Å². The number of anilines is 1. The molecule has 13 heteroatoms. The molecule has 0 spiro atoms. The van der Waals surface area contributed by atoms with Gasteiger partial charge in [-0.3, -0.25) is 9.59 Å². The van der Waals surface area contributed by atoms with Gasteiger partial charge in [0, 0.05) is 17.0 Å². The summed E-state index contributed by atoms with van der Waals surface area (Å²) >= 11 is 2.76. The van der Waals surface area contributed by atoms with E-state index in [1.54, 1.807) is 32.0 Å². The van der Waals surface area contributed by atoms with Crippen molar-refractivity contribution in [3.8, 4) is 11.5 Å². The average Bonchev–Trinajstić information content (AvgIpc) is 3.58. The largest absolute Gasteiger partial charge is 0.493 e. The number of thioether (sulfide) groups is 1. The van der Waals surface area contributed by atoms with Gasteiger partial charge in [0.05, 0.1) is 38.2 Å². The number of aromatic nitrogens is 3. The molecule has 1 aromatic carbocycles. The number of carbonyl (C=O) groups is 3. The third-order valence-electron chi connectivity index (χ3n) is 7.12. The number of benzene rings is 1. The summed E-state index contributed by atoms with van der Waals surface area (Å²) in [4.78, 5) is 40.2. The number of nitrogens with one attached hydrogen (secondary N) is 2. The number of unbranched alkanes of at least 4 members (excludes halogenated alkanes) is 1. The molecule has 0 saturated heterocycles. The number of hydrogen-bond donors (Lipinski definition) is 2. The van der Waals surface area contributed by atoms with Crippen LogP contribution < -0.4 is 20.1 Å². The second-order valence-electron chi connectivity index (χ2n) is 10.0. The Balaban J connectivity index is 1.46. The maximum absolute atomic E-state index is 13.4. The monoisotopic (exact) mass is 629 g/mol. The van der Waals surface area contributed by atoms with Gasteiger partial charge in [-0.05, 0) is 69.7 Å². The highest BCUT2D eigenvalue weighted by Gasteiger charge is 2.29. The quantitative estimate of drug-likeness (QED) is 0.181. The topological polar surface area (TPSA) is 134 Å². The predicted molar refractivity (Wildman–Crippen MR) is 167 cm³/mol. The molecule has 0 radical (unpaired) electrons. The zero-order valence-corrected chi connectivity index (χ0v) is 26.9. The van der Waals surface area contributed by atoms with Gasteiger partial charge in [0.25, 0.3) is 5.91 Å². The summed E-state index contributed by atoms with van der Waals surface area (Å²) in [6.07, 6.45) is 5.63. The van der Waals surface area contributed by atoms with Crippen LogP contribution in [0.2, 0.25) is 0 Å². The van der Waals surface area contributed by atoms with Gasteiger partial charge in [0.15, 0.2) is 22.5 Å². The summed E-state index contributed by atoms with van der Waals surface area (Å²) in [5.41, 5.74) is 1.92. The average molecular weight is 630 g/mol. The molecule has 2 amide bonds. The van der Waals surface area contributed by atoms with Crippen LogP contribution in [-0.4, -0.2) is 58.6 Å². The van der Waals surface area contributed by atoms with Crippen LogP contribution in [0.5, 0.6) is 11.5 Å². The van der Waals surface area contributed by atoms with Crippen LogP contribution >= 0.6 is 23.1 Å². The van der Waals surface area contributed by atoms with Gasteiger partial charge in [0.1, 0.15) is 5.00 Å². The summed E-state index contributed by atoms with van der Waals surface area (Å²) in [6, 6.07) is 4.96.